The summed E-state index contributed by atoms with van der Waals surface area (Å²) in [6, 6.07) is 0. The van der Waals surface area contributed by atoms with Crippen LogP contribution in [-0.4, -0.2) is 76.3 Å². The van der Waals surface area contributed by atoms with E-state index in [2.05, 4.69) is 54.5 Å². The number of carbonyl (C=O) groups is 2. The molecule has 3 saturated carbocycles. The molecule has 5 aliphatic carbocycles. The van der Waals surface area contributed by atoms with Crippen molar-refractivity contribution < 1.29 is 44.2 Å². The minimum atomic E-state index is -1.62. The lowest BCUT2D eigenvalue weighted by atomic mass is 9.34. The highest BCUT2D eigenvalue weighted by molar-refractivity contribution is 5.82. The van der Waals surface area contributed by atoms with Crippen molar-refractivity contribution in [1.82, 2.24) is 0 Å². The summed E-state index contributed by atoms with van der Waals surface area (Å²) < 4.78 is 17.0. The molecular weight excluding hydrogens is 588 g/mol. The molecular formula is C37H56O9. The summed E-state index contributed by atoms with van der Waals surface area (Å²) in [5.74, 6) is -0.389. The number of rotatable bonds is 4. The van der Waals surface area contributed by atoms with Gasteiger partial charge in [-0.1, -0.05) is 53.2 Å². The minimum absolute atomic E-state index is 0.00138. The van der Waals surface area contributed by atoms with E-state index >= 15 is 0 Å². The van der Waals surface area contributed by atoms with Crippen molar-refractivity contribution in [2.24, 2.45) is 44.8 Å². The van der Waals surface area contributed by atoms with Gasteiger partial charge >= 0.3 is 11.9 Å². The molecule has 4 fully saturated rings. The summed E-state index contributed by atoms with van der Waals surface area (Å²) in [6.45, 7) is 16.3. The zero-order chi connectivity index (χ0) is 33.8. The first-order chi connectivity index (χ1) is 21.4. The van der Waals surface area contributed by atoms with E-state index in [1.807, 2.05) is 0 Å². The van der Waals surface area contributed by atoms with E-state index in [-0.39, 0.29) is 27.8 Å². The maximum absolute atomic E-state index is 13.0. The van der Waals surface area contributed by atoms with Crippen LogP contribution in [0.2, 0.25) is 0 Å². The molecule has 6 aliphatic rings. The van der Waals surface area contributed by atoms with Crippen molar-refractivity contribution in [2.45, 2.75) is 143 Å². The van der Waals surface area contributed by atoms with Crippen molar-refractivity contribution >= 4 is 11.9 Å². The topological polar surface area (TPSA) is 143 Å². The Balaban J connectivity index is 1.31. The van der Waals surface area contributed by atoms with Gasteiger partial charge in [-0.25, -0.2) is 4.79 Å². The fourth-order valence-corrected chi connectivity index (χ4v) is 11.9. The third-order valence-corrected chi connectivity index (χ3v) is 15.0. The van der Waals surface area contributed by atoms with Crippen molar-refractivity contribution in [3.63, 3.8) is 0 Å². The van der Waals surface area contributed by atoms with Gasteiger partial charge in [-0.15, -0.1) is 0 Å². The van der Waals surface area contributed by atoms with E-state index in [1.165, 1.54) is 18.3 Å². The second-order valence-electron chi connectivity index (χ2n) is 17.0. The van der Waals surface area contributed by atoms with Gasteiger partial charge in [0.15, 0.2) is 12.4 Å². The Kier molecular flexibility index (Phi) is 8.25. The lowest BCUT2D eigenvalue weighted by Crippen LogP contribution is -2.65. The Hall–Kier alpha value is -1.78. The van der Waals surface area contributed by atoms with E-state index in [0.29, 0.717) is 24.2 Å². The Labute approximate surface area is 273 Å². The molecule has 1 heterocycles. The number of methoxy groups -OCH3 is 1. The third-order valence-electron chi connectivity index (χ3n) is 15.0. The van der Waals surface area contributed by atoms with Crippen LogP contribution in [-0.2, 0) is 23.8 Å². The summed E-state index contributed by atoms with van der Waals surface area (Å²) in [5.41, 5.74) is 2.52. The number of carbonyl (C=O) groups excluding carboxylic acids is 1. The molecule has 0 radical (unpaired) electrons. The fraction of sp³-hybridized carbons (Fsp3) is 0.838. The SMILES string of the molecule is COC(=O)[C@H]1O[C@@H](O[C@H]2CC[C@]3(C)[C@H]4CC=C5C6=C(C)[C@@H](C)CC[C@]6(C(=O)O)CC[C@@]5(C)[C@]4(C)CC[C@H]3C2(C)C)[C@H](O)[C@@H](O)[C@@H]1O. The van der Waals surface area contributed by atoms with Gasteiger partial charge in [-0.05, 0) is 115 Å². The van der Waals surface area contributed by atoms with Crippen molar-refractivity contribution in [3.05, 3.63) is 22.8 Å². The van der Waals surface area contributed by atoms with Crippen LogP contribution in [0.25, 0.3) is 0 Å². The average Bonchev–Trinajstić information content (AvgIpc) is 3.00. The van der Waals surface area contributed by atoms with Crippen molar-refractivity contribution in [2.75, 3.05) is 7.11 Å². The molecule has 258 valence electrons. The quantitative estimate of drug-likeness (QED) is 0.241. The van der Waals surface area contributed by atoms with E-state index in [0.717, 1.165) is 56.9 Å². The van der Waals surface area contributed by atoms with Crippen LogP contribution in [0.5, 0.6) is 0 Å². The molecule has 0 aromatic rings. The molecule has 0 aromatic carbocycles. The summed E-state index contributed by atoms with van der Waals surface area (Å²) >= 11 is 0. The first-order valence-electron chi connectivity index (χ1n) is 17.5. The molecule has 13 atom stereocenters. The second-order valence-corrected chi connectivity index (χ2v) is 17.0. The van der Waals surface area contributed by atoms with Gasteiger partial charge in [0.1, 0.15) is 18.3 Å². The summed E-state index contributed by atoms with van der Waals surface area (Å²) in [6.07, 6.45) is 2.46. The minimum Gasteiger partial charge on any atom is -0.481 e. The first-order valence-corrected chi connectivity index (χ1v) is 17.5. The highest BCUT2D eigenvalue weighted by atomic mass is 16.7. The van der Waals surface area contributed by atoms with E-state index < -0.39 is 48.1 Å². The number of carboxylic acid groups (broad SMARTS) is 1. The predicted molar refractivity (Wildman–Crippen MR) is 170 cm³/mol. The lowest BCUT2D eigenvalue weighted by molar-refractivity contribution is -0.324. The third kappa shape index (κ3) is 4.43. The molecule has 9 heteroatoms. The van der Waals surface area contributed by atoms with Gasteiger partial charge in [0.25, 0.3) is 0 Å². The van der Waals surface area contributed by atoms with Gasteiger partial charge in [-0.3, -0.25) is 4.79 Å². The van der Waals surface area contributed by atoms with Gasteiger partial charge in [0.05, 0.1) is 18.6 Å². The maximum Gasteiger partial charge on any atom is 0.337 e. The van der Waals surface area contributed by atoms with Crippen molar-refractivity contribution in [1.29, 1.82) is 0 Å². The van der Waals surface area contributed by atoms with Gasteiger partial charge in [0, 0.05) is 0 Å². The van der Waals surface area contributed by atoms with Gasteiger partial charge in [0.2, 0.25) is 0 Å². The van der Waals surface area contributed by atoms with Crippen LogP contribution in [0, 0.1) is 44.8 Å². The molecule has 1 saturated heterocycles. The number of aliphatic hydroxyl groups excluding tert-OH is 3. The molecule has 6 rings (SSSR count). The number of esters is 1. The molecule has 0 amide bonds. The molecule has 0 unspecified atom stereocenters. The number of hydrogen-bond donors (Lipinski definition) is 4. The Morgan fingerprint density at radius 2 is 1.59 bits per heavy atom. The zero-order valence-electron chi connectivity index (χ0n) is 29.0. The number of carboxylic acids is 1. The summed E-state index contributed by atoms with van der Waals surface area (Å²) in [7, 11) is 1.18. The Bertz CT molecular complexity index is 1340. The number of allylic oxidation sites excluding steroid dienone is 3. The summed E-state index contributed by atoms with van der Waals surface area (Å²) in [4.78, 5) is 25.2. The van der Waals surface area contributed by atoms with E-state index in [1.54, 1.807) is 0 Å². The van der Waals surface area contributed by atoms with Crippen LogP contribution in [0.3, 0.4) is 0 Å². The largest absolute Gasteiger partial charge is 0.481 e. The second kappa shape index (κ2) is 11.1. The van der Waals surface area contributed by atoms with Gasteiger partial charge in [-0.2, -0.15) is 0 Å². The van der Waals surface area contributed by atoms with E-state index in [4.69, 9.17) is 14.2 Å². The molecule has 1 aliphatic heterocycles. The van der Waals surface area contributed by atoms with Crippen LogP contribution in [0.4, 0.5) is 0 Å². The number of ether oxygens (including phenoxy) is 3. The average molecular weight is 645 g/mol. The predicted octanol–water partition coefficient (Wildman–Crippen LogP) is 5.16. The van der Waals surface area contributed by atoms with Gasteiger partial charge < -0.3 is 34.6 Å². The first kappa shape index (κ1) is 34.1. The van der Waals surface area contributed by atoms with Crippen LogP contribution in [0.1, 0.15) is 106 Å². The Morgan fingerprint density at radius 3 is 2.24 bits per heavy atom. The summed E-state index contributed by atoms with van der Waals surface area (Å²) in [5, 5.41) is 42.4. The number of fused-ring (bicyclic) bond motifs is 7. The highest BCUT2D eigenvalue weighted by Gasteiger charge is 2.68. The smallest absolute Gasteiger partial charge is 0.337 e. The zero-order valence-corrected chi connectivity index (χ0v) is 29.0. The molecule has 46 heavy (non-hydrogen) atoms. The normalized spacial score (nSPS) is 49.9. The lowest BCUT2D eigenvalue weighted by Gasteiger charge is -2.70. The van der Waals surface area contributed by atoms with E-state index in [9.17, 15) is 30.0 Å². The highest BCUT2D eigenvalue weighted by Crippen LogP contribution is 2.75. The van der Waals surface area contributed by atoms with Crippen LogP contribution < -0.4 is 0 Å². The number of aliphatic hydroxyl groups is 3. The Morgan fingerprint density at radius 1 is 0.891 bits per heavy atom. The fourth-order valence-electron chi connectivity index (χ4n) is 11.9. The van der Waals surface area contributed by atoms with Crippen LogP contribution >= 0.6 is 0 Å². The molecule has 0 bridgehead atoms. The van der Waals surface area contributed by atoms with Crippen molar-refractivity contribution in [3.8, 4) is 0 Å². The number of aliphatic carboxylic acids is 1. The molecule has 4 N–H and O–H groups in total. The molecule has 9 nitrogen and oxygen atoms in total. The number of hydrogen-bond acceptors (Lipinski definition) is 8. The van der Waals surface area contributed by atoms with Crippen LogP contribution in [0.15, 0.2) is 22.8 Å². The maximum atomic E-state index is 13.0. The standard InChI is InChI=1S/C37H56O9/c1-19-11-16-37(32(42)43)18-17-35(6)21(25(37)20(19)2)9-10-23-34(5)14-13-24(33(3,4)22(34)12-15-36(23,35)7)45-31-28(40)26(38)27(39)29(46-31)30(41)44-8/h9,19,22-24,26-29,31,38-40H,10-18H2,1-8H3,(H,42,43)/t19-,22-,23+,24-,26-,27-,28+,29-,31+,34-,35+,36+,37-/m0/s1. The molecule has 0 aromatic heterocycles. The molecule has 0 spiro atoms. The monoisotopic (exact) mass is 644 g/mol.